The van der Waals surface area contributed by atoms with Gasteiger partial charge in [-0.05, 0) is 103 Å². The van der Waals surface area contributed by atoms with Crippen LogP contribution in [-0.4, -0.2) is 9.13 Å². The Morgan fingerprint density at radius 1 is 0.604 bits per heavy atom. The summed E-state index contributed by atoms with van der Waals surface area (Å²) in [4.78, 5) is 2.70. The molecule has 53 heavy (non-hydrogen) atoms. The quantitative estimate of drug-likeness (QED) is 0.166. The first-order valence-corrected chi connectivity index (χ1v) is 20.0. The molecule has 0 bridgehead atoms. The number of aryl methyl sites for hydroxylation is 2. The maximum atomic E-state index is 2.60. The molecule has 2 nitrogen and oxygen atoms in total. The fraction of sp³-hybridized carbons (Fsp3) is 0.160. The van der Waals surface area contributed by atoms with Crippen LogP contribution in [0.2, 0.25) is 0 Å². The van der Waals surface area contributed by atoms with E-state index in [2.05, 4.69) is 174 Å². The van der Waals surface area contributed by atoms with Crippen molar-refractivity contribution in [1.29, 1.82) is 0 Å². The molecule has 4 heterocycles. The molecule has 2 atom stereocenters. The van der Waals surface area contributed by atoms with Gasteiger partial charge in [0.2, 0.25) is 0 Å². The Balaban J connectivity index is 0.000000147. The molecule has 0 radical (unpaired) electrons. The topological polar surface area (TPSA) is 9.86 Å². The summed E-state index contributed by atoms with van der Waals surface area (Å²) in [6.45, 7) is 2.20. The van der Waals surface area contributed by atoms with E-state index in [4.69, 9.17) is 0 Å². The van der Waals surface area contributed by atoms with Gasteiger partial charge in [-0.25, -0.2) is 0 Å². The molecule has 0 saturated carbocycles. The van der Waals surface area contributed by atoms with Gasteiger partial charge in [-0.15, -0.1) is 0 Å². The van der Waals surface area contributed by atoms with Gasteiger partial charge >= 0.3 is 0 Å². The van der Waals surface area contributed by atoms with Crippen molar-refractivity contribution in [3.8, 4) is 5.69 Å². The van der Waals surface area contributed by atoms with Crippen LogP contribution in [0.4, 0.5) is 0 Å². The Hall–Kier alpha value is -5.51. The first-order chi connectivity index (χ1) is 26.2. The van der Waals surface area contributed by atoms with Crippen molar-refractivity contribution >= 4 is 44.5 Å². The van der Waals surface area contributed by atoms with Crippen molar-refractivity contribution in [3.05, 3.63) is 197 Å². The van der Waals surface area contributed by atoms with E-state index in [1.807, 2.05) is 11.8 Å². The van der Waals surface area contributed by atoms with Crippen LogP contribution >= 0.6 is 11.8 Å². The smallest absolute Gasteiger partial charge is 0.0764 e. The van der Waals surface area contributed by atoms with Crippen molar-refractivity contribution in [2.45, 2.75) is 60.3 Å². The van der Waals surface area contributed by atoms with Crippen LogP contribution < -0.4 is 0 Å². The Labute approximate surface area is 315 Å². The fourth-order valence-electron chi connectivity index (χ4n) is 10.1. The van der Waals surface area contributed by atoms with Gasteiger partial charge in [0.15, 0.2) is 0 Å². The molecule has 6 aromatic carbocycles. The van der Waals surface area contributed by atoms with Gasteiger partial charge in [0.05, 0.1) is 28.2 Å². The Bertz CT molecular complexity index is 2830. The highest BCUT2D eigenvalue weighted by molar-refractivity contribution is 7.99. The third-order valence-electron chi connectivity index (χ3n) is 12.2. The molecule has 0 N–H and O–H groups in total. The second kappa shape index (κ2) is 12.0. The number of rotatable bonds is 1. The lowest BCUT2D eigenvalue weighted by atomic mass is 9.62. The minimum Gasteiger partial charge on any atom is -0.337 e. The van der Waals surface area contributed by atoms with E-state index in [1.54, 1.807) is 11.3 Å². The van der Waals surface area contributed by atoms with Crippen molar-refractivity contribution in [2.75, 3.05) is 0 Å². The zero-order valence-corrected chi connectivity index (χ0v) is 30.7. The number of para-hydroxylation sites is 4. The number of hydrogen-bond donors (Lipinski definition) is 0. The molecule has 3 heteroatoms. The van der Waals surface area contributed by atoms with Crippen molar-refractivity contribution in [1.82, 2.24) is 9.13 Å². The summed E-state index contributed by atoms with van der Waals surface area (Å²) in [6.07, 6.45) is 15.3. The molecule has 2 aliphatic carbocycles. The first kappa shape index (κ1) is 31.1. The highest BCUT2D eigenvalue weighted by atomic mass is 32.2. The molecule has 2 aromatic heterocycles. The summed E-state index contributed by atoms with van der Waals surface area (Å²) in [7, 11) is 0. The second-order valence-electron chi connectivity index (χ2n) is 15.1. The first-order valence-electron chi connectivity index (χ1n) is 19.2. The van der Waals surface area contributed by atoms with Crippen LogP contribution in [0.1, 0.15) is 64.4 Å². The van der Waals surface area contributed by atoms with Crippen molar-refractivity contribution in [2.24, 2.45) is 0 Å². The lowest BCUT2D eigenvalue weighted by molar-refractivity contribution is 0.566. The molecule has 0 fully saturated rings. The van der Waals surface area contributed by atoms with Crippen LogP contribution in [0.3, 0.4) is 0 Å². The zero-order chi connectivity index (χ0) is 35.1. The van der Waals surface area contributed by atoms with Gasteiger partial charge in [0.1, 0.15) is 0 Å². The van der Waals surface area contributed by atoms with E-state index >= 15 is 0 Å². The Morgan fingerprint density at radius 3 is 2.21 bits per heavy atom. The third-order valence-corrected chi connectivity index (χ3v) is 13.3. The molecule has 2 unspecified atom stereocenters. The van der Waals surface area contributed by atoms with Crippen LogP contribution in [0, 0.1) is 6.92 Å². The summed E-state index contributed by atoms with van der Waals surface area (Å²) in [5.74, 6) is 0. The van der Waals surface area contributed by atoms with Gasteiger partial charge in [-0.3, -0.25) is 0 Å². The summed E-state index contributed by atoms with van der Waals surface area (Å²) >= 11 is 1.91. The molecule has 8 aromatic rings. The molecule has 2 aliphatic heterocycles. The highest BCUT2D eigenvalue weighted by Crippen LogP contribution is 2.60. The number of nitrogens with zero attached hydrogens (tertiary/aromatic N) is 2. The summed E-state index contributed by atoms with van der Waals surface area (Å²) in [6, 6.07) is 50.3. The molecule has 1 spiro atoms. The fourth-order valence-corrected chi connectivity index (χ4v) is 11.4. The third kappa shape index (κ3) is 4.41. The predicted molar refractivity (Wildman–Crippen MR) is 222 cm³/mol. The second-order valence-corrected chi connectivity index (χ2v) is 16.1. The van der Waals surface area contributed by atoms with E-state index in [1.165, 1.54) is 102 Å². The lowest BCUT2D eigenvalue weighted by Gasteiger charge is -2.45. The van der Waals surface area contributed by atoms with Crippen molar-refractivity contribution in [3.63, 3.8) is 0 Å². The number of aromatic nitrogens is 2. The highest BCUT2D eigenvalue weighted by Gasteiger charge is 2.49. The number of allylic oxidation sites excluding steroid dienone is 4. The number of hydrogen-bond acceptors (Lipinski definition) is 1. The summed E-state index contributed by atoms with van der Waals surface area (Å²) < 4.78 is 5.10. The molecular formula is C50H40N2S. The lowest BCUT2D eigenvalue weighted by Crippen LogP contribution is -2.37. The minimum absolute atomic E-state index is 0.356. The molecule has 256 valence electrons. The molecule has 4 aliphatic rings. The van der Waals surface area contributed by atoms with Gasteiger partial charge in [-0.1, -0.05) is 139 Å². The minimum atomic E-state index is -0.356. The van der Waals surface area contributed by atoms with E-state index in [0.29, 0.717) is 6.04 Å². The molecule has 12 rings (SSSR count). The Morgan fingerprint density at radius 2 is 1.32 bits per heavy atom. The number of fused-ring (bicyclic) bond motifs is 14. The molecule has 0 amide bonds. The van der Waals surface area contributed by atoms with Gasteiger partial charge in [-0.2, -0.15) is 0 Å². The molecular weight excluding hydrogens is 661 g/mol. The summed E-state index contributed by atoms with van der Waals surface area (Å²) in [5, 5.41) is 4.13. The van der Waals surface area contributed by atoms with E-state index in [-0.39, 0.29) is 5.41 Å². The zero-order valence-electron chi connectivity index (χ0n) is 29.9. The largest absolute Gasteiger partial charge is 0.337 e. The van der Waals surface area contributed by atoms with Gasteiger partial charge < -0.3 is 9.13 Å². The maximum absolute atomic E-state index is 2.60. The maximum Gasteiger partial charge on any atom is 0.0764 e. The molecule has 0 saturated heterocycles. The predicted octanol–water partition coefficient (Wildman–Crippen LogP) is 12.8. The van der Waals surface area contributed by atoms with Gasteiger partial charge in [0, 0.05) is 37.2 Å². The Kier molecular flexibility index (Phi) is 7.04. The normalized spacial score (nSPS) is 19.1. The van der Waals surface area contributed by atoms with Gasteiger partial charge in [0.25, 0.3) is 0 Å². The van der Waals surface area contributed by atoms with Crippen molar-refractivity contribution < 1.29 is 0 Å². The van der Waals surface area contributed by atoms with E-state index in [0.717, 1.165) is 6.42 Å². The van der Waals surface area contributed by atoms with Crippen LogP contribution in [0.5, 0.6) is 0 Å². The standard InChI is InChI=1S/C32H21NS.C18H19N/c1-20-17-18-25-30(19-20)34-29-16-7-4-12-24(29)32(25)23-11-3-6-15-28(23)33-27-14-5-2-9-21(27)22-10-8-13-26(32)31(22)33;1-2-8-14(9-3-1)19-17-12-6-4-10-15(17)16-11-5-7-13-18(16)19/h2-19H,1H3;1-4,6,8,10,12,14H,5,7,9,11,13H2. The SMILES string of the molecule is C1=CCC(n2c3c(c4ccccc42)CCCC3)C=C1.Cc1ccc2c(c1)Sc1ccccc1C21c2ccccc2-n2c3ccccc3c3cccc1c32. The van der Waals surface area contributed by atoms with Crippen LogP contribution in [-0.2, 0) is 18.3 Å². The average Bonchev–Trinajstić information content (AvgIpc) is 3.74. The van der Waals surface area contributed by atoms with Crippen LogP contribution in [0.15, 0.2) is 168 Å². The van der Waals surface area contributed by atoms with E-state index < -0.39 is 0 Å². The van der Waals surface area contributed by atoms with Crippen LogP contribution in [0.25, 0.3) is 38.4 Å². The van der Waals surface area contributed by atoms with E-state index in [9.17, 15) is 0 Å². The monoisotopic (exact) mass is 700 g/mol. The summed E-state index contributed by atoms with van der Waals surface area (Å²) in [5.41, 5.74) is 15.0. The average molecular weight is 701 g/mol. The number of benzene rings is 6.